The van der Waals surface area contributed by atoms with Crippen LogP contribution in [0.2, 0.25) is 5.02 Å². The Balaban J connectivity index is 1.32. The molecule has 0 aliphatic carbocycles. The molecule has 0 spiro atoms. The number of anilines is 1. The summed E-state index contributed by atoms with van der Waals surface area (Å²) < 4.78 is 6.75. The normalized spacial score (nSPS) is 18.5. The van der Waals surface area contributed by atoms with E-state index in [4.69, 9.17) is 16.3 Å². The zero-order valence-electron chi connectivity index (χ0n) is 16.2. The van der Waals surface area contributed by atoms with Crippen molar-refractivity contribution in [3.8, 4) is 0 Å². The average Bonchev–Trinajstić information content (AvgIpc) is 3.16. The van der Waals surface area contributed by atoms with Gasteiger partial charge in [0.15, 0.2) is 0 Å². The number of halogens is 1. The third-order valence-corrected chi connectivity index (χ3v) is 5.68. The highest BCUT2D eigenvalue weighted by Gasteiger charge is 2.23. The molecule has 2 aromatic rings. The first kappa shape index (κ1) is 19.2. The molecule has 2 aliphatic heterocycles. The third-order valence-electron chi connectivity index (χ3n) is 5.49. The summed E-state index contributed by atoms with van der Waals surface area (Å²) in [4.78, 5) is 19.1. The minimum atomic E-state index is -0.113. The lowest BCUT2D eigenvalue weighted by Gasteiger charge is -2.35. The Morgan fingerprint density at radius 3 is 2.54 bits per heavy atom. The molecule has 3 heterocycles. The van der Waals surface area contributed by atoms with Gasteiger partial charge in [-0.3, -0.25) is 4.90 Å². The van der Waals surface area contributed by atoms with Crippen molar-refractivity contribution in [2.75, 3.05) is 57.4 Å². The highest BCUT2D eigenvalue weighted by Crippen LogP contribution is 2.22. The minimum Gasteiger partial charge on any atom is -0.378 e. The van der Waals surface area contributed by atoms with Crippen LogP contribution in [0.25, 0.3) is 0 Å². The van der Waals surface area contributed by atoms with Crippen LogP contribution in [0.15, 0.2) is 30.6 Å². The van der Waals surface area contributed by atoms with E-state index in [1.54, 1.807) is 6.20 Å². The van der Waals surface area contributed by atoms with Crippen LogP contribution in [0.4, 0.5) is 10.5 Å². The second kappa shape index (κ2) is 8.51. The number of hydrogen-bond donors (Lipinski definition) is 0. The van der Waals surface area contributed by atoms with Crippen molar-refractivity contribution in [3.63, 3.8) is 0 Å². The molecule has 2 saturated heterocycles. The summed E-state index contributed by atoms with van der Waals surface area (Å²) >= 11 is 5.86. The van der Waals surface area contributed by atoms with Crippen LogP contribution in [0.5, 0.6) is 0 Å². The maximum atomic E-state index is 12.5. The Kier molecular flexibility index (Phi) is 5.85. The average molecular weight is 404 g/mol. The van der Waals surface area contributed by atoms with Crippen LogP contribution < -0.4 is 4.90 Å². The Morgan fingerprint density at radius 1 is 1.14 bits per heavy atom. The van der Waals surface area contributed by atoms with Crippen LogP contribution >= 0.6 is 11.6 Å². The molecule has 2 fully saturated rings. The van der Waals surface area contributed by atoms with Gasteiger partial charge < -0.3 is 14.5 Å². The number of carbonyl (C=O) groups excluding carboxylic acids is 1. The number of rotatable bonds is 3. The summed E-state index contributed by atoms with van der Waals surface area (Å²) in [5, 5.41) is 4.48. The molecule has 150 valence electrons. The van der Waals surface area contributed by atoms with Crippen molar-refractivity contribution in [1.29, 1.82) is 0 Å². The number of amides is 1. The molecule has 4 rings (SSSR count). The van der Waals surface area contributed by atoms with E-state index in [2.05, 4.69) is 40.0 Å². The van der Waals surface area contributed by atoms with Crippen LogP contribution in [0.1, 0.15) is 11.1 Å². The molecule has 8 heteroatoms. The quantitative estimate of drug-likeness (QED) is 0.788. The predicted octanol–water partition coefficient (Wildman–Crippen LogP) is 2.47. The predicted molar refractivity (Wildman–Crippen MR) is 109 cm³/mol. The standard InChI is InChI=1S/C20H26ClN5O2/c1-16-12-19(24-8-10-28-11-9-24)3-2-17(16)14-23-4-6-25(7-5-23)20(27)26-15-18(21)13-22-26/h2-3,12-13,15H,4-11,14H2,1H3. The fourth-order valence-corrected chi connectivity index (χ4v) is 3.90. The molecule has 0 bridgehead atoms. The van der Waals surface area contributed by atoms with Gasteiger partial charge in [0.2, 0.25) is 0 Å². The molecule has 7 nitrogen and oxygen atoms in total. The van der Waals surface area contributed by atoms with Gasteiger partial charge in [0.25, 0.3) is 0 Å². The third kappa shape index (κ3) is 4.32. The van der Waals surface area contributed by atoms with E-state index < -0.39 is 0 Å². The molecule has 1 aromatic heterocycles. The number of morpholine rings is 1. The van der Waals surface area contributed by atoms with E-state index in [1.807, 2.05) is 4.90 Å². The Labute approximate surface area is 170 Å². The van der Waals surface area contributed by atoms with Crippen LogP contribution in [0, 0.1) is 6.92 Å². The van der Waals surface area contributed by atoms with Crippen molar-refractivity contribution in [1.82, 2.24) is 19.6 Å². The zero-order valence-corrected chi connectivity index (χ0v) is 16.9. The van der Waals surface area contributed by atoms with E-state index in [1.165, 1.54) is 27.7 Å². The molecule has 2 aliphatic rings. The summed E-state index contributed by atoms with van der Waals surface area (Å²) in [6.45, 7) is 9.69. The van der Waals surface area contributed by atoms with Gasteiger partial charge in [-0.2, -0.15) is 9.78 Å². The van der Waals surface area contributed by atoms with Crippen molar-refractivity contribution in [2.45, 2.75) is 13.5 Å². The molecular formula is C20H26ClN5O2. The van der Waals surface area contributed by atoms with Gasteiger partial charge in [0.1, 0.15) is 0 Å². The maximum absolute atomic E-state index is 12.5. The molecule has 0 N–H and O–H groups in total. The molecule has 28 heavy (non-hydrogen) atoms. The van der Waals surface area contributed by atoms with Gasteiger partial charge >= 0.3 is 6.03 Å². The number of nitrogens with zero attached hydrogens (tertiary/aromatic N) is 5. The molecular weight excluding hydrogens is 378 g/mol. The number of aromatic nitrogens is 2. The van der Waals surface area contributed by atoms with Crippen molar-refractivity contribution in [3.05, 3.63) is 46.7 Å². The van der Waals surface area contributed by atoms with Gasteiger partial charge in [-0.25, -0.2) is 4.79 Å². The van der Waals surface area contributed by atoms with Gasteiger partial charge in [-0.15, -0.1) is 0 Å². The summed E-state index contributed by atoms with van der Waals surface area (Å²) in [5.41, 5.74) is 3.93. The number of piperazine rings is 1. The number of hydrogen-bond acceptors (Lipinski definition) is 5. The fourth-order valence-electron chi connectivity index (χ4n) is 3.76. The smallest absolute Gasteiger partial charge is 0.344 e. The lowest BCUT2D eigenvalue weighted by molar-refractivity contribution is 0.122. The molecule has 0 unspecified atom stereocenters. The zero-order chi connectivity index (χ0) is 19.5. The van der Waals surface area contributed by atoms with Crippen molar-refractivity contribution < 1.29 is 9.53 Å². The lowest BCUT2D eigenvalue weighted by atomic mass is 10.1. The fraction of sp³-hybridized carbons (Fsp3) is 0.500. The summed E-state index contributed by atoms with van der Waals surface area (Å²) in [6.07, 6.45) is 3.04. The summed E-state index contributed by atoms with van der Waals surface area (Å²) in [5.74, 6) is 0. The van der Waals surface area contributed by atoms with E-state index in [0.29, 0.717) is 18.1 Å². The monoisotopic (exact) mass is 403 g/mol. The van der Waals surface area contributed by atoms with Gasteiger partial charge in [-0.05, 0) is 30.2 Å². The number of carbonyl (C=O) groups is 1. The Bertz CT molecular complexity index is 826. The molecule has 1 amide bonds. The van der Waals surface area contributed by atoms with Crippen molar-refractivity contribution >= 4 is 23.3 Å². The summed E-state index contributed by atoms with van der Waals surface area (Å²) in [6, 6.07) is 6.62. The molecule has 0 radical (unpaired) electrons. The van der Waals surface area contributed by atoms with E-state index >= 15 is 0 Å². The highest BCUT2D eigenvalue weighted by molar-refractivity contribution is 6.30. The SMILES string of the molecule is Cc1cc(N2CCOCC2)ccc1CN1CCN(C(=O)n2cc(Cl)cn2)CC1. The second-order valence-corrected chi connectivity index (χ2v) is 7.80. The van der Waals surface area contributed by atoms with E-state index in [0.717, 1.165) is 45.9 Å². The molecule has 0 saturated carbocycles. The first-order valence-electron chi connectivity index (χ1n) is 9.74. The summed E-state index contributed by atoms with van der Waals surface area (Å²) in [7, 11) is 0. The maximum Gasteiger partial charge on any atom is 0.344 e. The first-order chi connectivity index (χ1) is 13.6. The first-order valence-corrected chi connectivity index (χ1v) is 10.1. The van der Waals surface area contributed by atoms with E-state index in [-0.39, 0.29) is 6.03 Å². The number of benzene rings is 1. The Morgan fingerprint density at radius 2 is 1.89 bits per heavy atom. The largest absolute Gasteiger partial charge is 0.378 e. The number of aryl methyl sites for hydroxylation is 1. The highest BCUT2D eigenvalue weighted by atomic mass is 35.5. The molecule has 1 aromatic carbocycles. The van der Waals surface area contributed by atoms with Gasteiger partial charge in [0, 0.05) is 51.5 Å². The lowest BCUT2D eigenvalue weighted by Crippen LogP contribution is -2.49. The van der Waals surface area contributed by atoms with Crippen LogP contribution in [-0.2, 0) is 11.3 Å². The van der Waals surface area contributed by atoms with Gasteiger partial charge in [0.05, 0.1) is 30.6 Å². The van der Waals surface area contributed by atoms with Gasteiger partial charge in [-0.1, -0.05) is 17.7 Å². The minimum absolute atomic E-state index is 0.113. The Hall–Kier alpha value is -2.09. The van der Waals surface area contributed by atoms with Crippen LogP contribution in [-0.4, -0.2) is 78.1 Å². The van der Waals surface area contributed by atoms with Crippen molar-refractivity contribution in [2.24, 2.45) is 0 Å². The second-order valence-electron chi connectivity index (χ2n) is 7.36. The molecule has 0 atom stereocenters. The topological polar surface area (TPSA) is 53.8 Å². The van der Waals surface area contributed by atoms with E-state index in [9.17, 15) is 4.79 Å². The number of ether oxygens (including phenoxy) is 1. The van der Waals surface area contributed by atoms with Crippen LogP contribution in [0.3, 0.4) is 0 Å².